The number of hydrogen-bond acceptors (Lipinski definition) is 5. The highest BCUT2D eigenvalue weighted by molar-refractivity contribution is 7.09. The number of thiophene rings is 1. The molecule has 5 nitrogen and oxygen atoms in total. The van der Waals surface area contributed by atoms with Gasteiger partial charge in [-0.1, -0.05) is 6.07 Å². The maximum Gasteiger partial charge on any atom is 0.249 e. The van der Waals surface area contributed by atoms with E-state index in [2.05, 4.69) is 32.6 Å². The fraction of sp³-hybridized carbons (Fsp3) is 0.722. The van der Waals surface area contributed by atoms with Crippen LogP contribution in [0.15, 0.2) is 17.5 Å². The first-order chi connectivity index (χ1) is 11.8. The number of carbonyl (C=O) groups excluding carboxylic acids is 1. The number of nitrogens with zero attached hydrogens (tertiary/aromatic N) is 2. The first kappa shape index (κ1) is 16.5. The zero-order valence-electron chi connectivity index (χ0n) is 14.2. The molecule has 0 spiro atoms. The lowest BCUT2D eigenvalue weighted by Gasteiger charge is -2.22. The predicted molar refractivity (Wildman–Crippen MR) is 95.1 cm³/mol. The molecule has 4 rings (SSSR count). The number of likely N-dealkylation sites (tertiary alicyclic amines) is 2. The zero-order chi connectivity index (χ0) is 16.4. The predicted octanol–water partition coefficient (Wildman–Crippen LogP) is 1.69. The normalized spacial score (nSPS) is 30.8. The monoisotopic (exact) mass is 349 g/mol. The standard InChI is InChI=1S/C18H27N3O2S/c22-18(19-6-10-20-7-1-2-8-20)17-12-15-16(23-17)5-9-21(15)13-14-4-3-11-24-14/h3-4,11,15-17H,1-2,5-10,12-13H2,(H,19,22)/t15-,16-,17-/m0/s1. The van der Waals surface area contributed by atoms with E-state index in [1.165, 1.54) is 30.8 Å². The Hall–Kier alpha value is -0.950. The van der Waals surface area contributed by atoms with Crippen LogP contribution in [-0.4, -0.2) is 66.7 Å². The molecule has 4 heterocycles. The van der Waals surface area contributed by atoms with Gasteiger partial charge in [0.25, 0.3) is 0 Å². The summed E-state index contributed by atoms with van der Waals surface area (Å²) in [4.78, 5) is 18.7. The molecule has 3 aliphatic rings. The fourth-order valence-corrected chi connectivity index (χ4v) is 4.99. The van der Waals surface area contributed by atoms with Gasteiger partial charge in [0.2, 0.25) is 5.91 Å². The molecule has 0 aliphatic carbocycles. The summed E-state index contributed by atoms with van der Waals surface area (Å²) >= 11 is 1.81. The second kappa shape index (κ2) is 7.52. The summed E-state index contributed by atoms with van der Waals surface area (Å²) in [5, 5.41) is 5.21. The fourth-order valence-electron chi connectivity index (χ4n) is 4.26. The minimum Gasteiger partial charge on any atom is -0.363 e. The van der Waals surface area contributed by atoms with E-state index in [1.54, 1.807) is 0 Å². The maximum atomic E-state index is 12.4. The molecule has 1 amide bonds. The van der Waals surface area contributed by atoms with E-state index in [0.717, 1.165) is 39.0 Å². The van der Waals surface area contributed by atoms with Crippen molar-refractivity contribution in [1.82, 2.24) is 15.1 Å². The number of nitrogens with one attached hydrogen (secondary N) is 1. The van der Waals surface area contributed by atoms with Crippen LogP contribution < -0.4 is 5.32 Å². The number of hydrogen-bond donors (Lipinski definition) is 1. The molecule has 6 heteroatoms. The molecule has 1 aromatic heterocycles. The van der Waals surface area contributed by atoms with Crippen molar-refractivity contribution in [1.29, 1.82) is 0 Å². The van der Waals surface area contributed by atoms with Gasteiger partial charge in [0.05, 0.1) is 6.10 Å². The van der Waals surface area contributed by atoms with Crippen LogP contribution in [0.25, 0.3) is 0 Å². The highest BCUT2D eigenvalue weighted by Crippen LogP contribution is 2.34. The van der Waals surface area contributed by atoms with E-state index < -0.39 is 0 Å². The molecule has 24 heavy (non-hydrogen) atoms. The summed E-state index contributed by atoms with van der Waals surface area (Å²) in [5.41, 5.74) is 0. The Kier molecular flexibility index (Phi) is 5.17. The third-order valence-corrected chi connectivity index (χ3v) is 6.41. The van der Waals surface area contributed by atoms with Gasteiger partial charge in [0.1, 0.15) is 6.10 Å². The second-order valence-corrected chi connectivity index (χ2v) is 8.18. The molecule has 3 aliphatic heterocycles. The van der Waals surface area contributed by atoms with Crippen molar-refractivity contribution in [2.24, 2.45) is 0 Å². The van der Waals surface area contributed by atoms with Crippen molar-refractivity contribution >= 4 is 17.2 Å². The molecule has 1 N–H and O–H groups in total. The topological polar surface area (TPSA) is 44.8 Å². The third kappa shape index (κ3) is 3.67. The van der Waals surface area contributed by atoms with E-state index in [9.17, 15) is 4.79 Å². The van der Waals surface area contributed by atoms with Gasteiger partial charge in [-0.25, -0.2) is 0 Å². The van der Waals surface area contributed by atoms with Gasteiger partial charge in [-0.15, -0.1) is 11.3 Å². The van der Waals surface area contributed by atoms with E-state index in [-0.39, 0.29) is 18.1 Å². The Bertz CT molecular complexity index is 544. The first-order valence-corrected chi connectivity index (χ1v) is 10.1. The van der Waals surface area contributed by atoms with Crippen molar-refractivity contribution in [2.75, 3.05) is 32.7 Å². The molecule has 3 saturated heterocycles. The van der Waals surface area contributed by atoms with Gasteiger partial charge in [-0.05, 0) is 43.8 Å². The molecule has 1 aromatic rings. The summed E-state index contributed by atoms with van der Waals surface area (Å²) in [6.45, 7) is 6.14. The molecule has 0 bridgehead atoms. The SMILES string of the molecule is O=C(NCCN1CCCC1)[C@@H]1C[C@H]2[C@H](CCN2Cc2cccs2)O1. The van der Waals surface area contributed by atoms with Crippen LogP contribution in [0.2, 0.25) is 0 Å². The van der Waals surface area contributed by atoms with Crippen LogP contribution in [0.1, 0.15) is 30.6 Å². The molecule has 132 valence electrons. The largest absolute Gasteiger partial charge is 0.363 e. The maximum absolute atomic E-state index is 12.4. The van der Waals surface area contributed by atoms with Gasteiger partial charge in [-0.2, -0.15) is 0 Å². The second-order valence-electron chi connectivity index (χ2n) is 7.14. The highest BCUT2D eigenvalue weighted by Gasteiger charge is 2.45. The van der Waals surface area contributed by atoms with E-state index in [0.29, 0.717) is 6.04 Å². The third-order valence-electron chi connectivity index (χ3n) is 5.55. The van der Waals surface area contributed by atoms with Gasteiger partial charge >= 0.3 is 0 Å². The Morgan fingerprint density at radius 1 is 1.33 bits per heavy atom. The minimum absolute atomic E-state index is 0.0830. The van der Waals surface area contributed by atoms with E-state index in [1.807, 2.05) is 11.3 Å². The van der Waals surface area contributed by atoms with Gasteiger partial charge in [0.15, 0.2) is 0 Å². The summed E-state index contributed by atoms with van der Waals surface area (Å²) in [5.74, 6) is 0.0830. The van der Waals surface area contributed by atoms with Gasteiger partial charge in [0, 0.05) is 43.5 Å². The lowest BCUT2D eigenvalue weighted by Crippen LogP contribution is -2.40. The van der Waals surface area contributed by atoms with Crippen molar-refractivity contribution < 1.29 is 9.53 Å². The van der Waals surface area contributed by atoms with Crippen LogP contribution in [0.5, 0.6) is 0 Å². The summed E-state index contributed by atoms with van der Waals surface area (Å²) in [6, 6.07) is 4.70. The Labute approximate surface area is 148 Å². The summed E-state index contributed by atoms with van der Waals surface area (Å²) < 4.78 is 6.06. The van der Waals surface area contributed by atoms with Crippen LogP contribution in [-0.2, 0) is 16.1 Å². The Morgan fingerprint density at radius 2 is 2.21 bits per heavy atom. The van der Waals surface area contributed by atoms with E-state index in [4.69, 9.17) is 4.74 Å². The molecule has 0 unspecified atom stereocenters. The molecule has 3 fully saturated rings. The first-order valence-electron chi connectivity index (χ1n) is 9.21. The van der Waals surface area contributed by atoms with Crippen molar-refractivity contribution in [2.45, 2.75) is 50.5 Å². The van der Waals surface area contributed by atoms with Crippen LogP contribution >= 0.6 is 11.3 Å². The van der Waals surface area contributed by atoms with Crippen molar-refractivity contribution in [3.05, 3.63) is 22.4 Å². The number of rotatable bonds is 6. The smallest absolute Gasteiger partial charge is 0.249 e. The summed E-state index contributed by atoms with van der Waals surface area (Å²) in [6.07, 6.45) is 4.45. The van der Waals surface area contributed by atoms with Crippen LogP contribution in [0, 0.1) is 0 Å². The average molecular weight is 350 g/mol. The molecular formula is C18H27N3O2S. The molecule has 0 saturated carbocycles. The lowest BCUT2D eigenvalue weighted by molar-refractivity contribution is -0.132. The number of carbonyl (C=O) groups is 1. The number of fused-ring (bicyclic) bond motifs is 1. The van der Waals surface area contributed by atoms with E-state index >= 15 is 0 Å². The Balaban J connectivity index is 1.24. The minimum atomic E-state index is -0.260. The molecule has 0 radical (unpaired) electrons. The van der Waals surface area contributed by atoms with Gasteiger partial charge in [-0.3, -0.25) is 9.69 Å². The van der Waals surface area contributed by atoms with Gasteiger partial charge < -0.3 is 15.0 Å². The molecule has 0 aromatic carbocycles. The lowest BCUT2D eigenvalue weighted by atomic mass is 10.1. The average Bonchev–Trinajstić information content (AvgIpc) is 3.34. The highest BCUT2D eigenvalue weighted by atomic mass is 32.1. The Morgan fingerprint density at radius 3 is 3.00 bits per heavy atom. The summed E-state index contributed by atoms with van der Waals surface area (Å²) in [7, 11) is 0. The van der Waals surface area contributed by atoms with Crippen molar-refractivity contribution in [3.8, 4) is 0 Å². The quantitative estimate of drug-likeness (QED) is 0.849. The van der Waals surface area contributed by atoms with Crippen LogP contribution in [0.4, 0.5) is 0 Å². The number of amides is 1. The van der Waals surface area contributed by atoms with Crippen LogP contribution in [0.3, 0.4) is 0 Å². The molecule has 3 atom stereocenters. The number of ether oxygens (including phenoxy) is 1. The van der Waals surface area contributed by atoms with Crippen molar-refractivity contribution in [3.63, 3.8) is 0 Å². The molecular weight excluding hydrogens is 322 g/mol. The zero-order valence-corrected chi connectivity index (χ0v) is 15.0.